The first kappa shape index (κ1) is 22.3. The van der Waals surface area contributed by atoms with Crippen molar-refractivity contribution in [3.05, 3.63) is 52.6 Å². The highest BCUT2D eigenvalue weighted by Crippen LogP contribution is 2.43. The molecule has 0 aliphatic heterocycles. The molecule has 160 valence electrons. The van der Waals surface area contributed by atoms with Crippen LogP contribution in [0.5, 0.6) is 5.75 Å². The minimum absolute atomic E-state index is 0.0391. The summed E-state index contributed by atoms with van der Waals surface area (Å²) >= 11 is 3.27. The van der Waals surface area contributed by atoms with Gasteiger partial charge < -0.3 is 9.84 Å². The van der Waals surface area contributed by atoms with Crippen molar-refractivity contribution in [1.82, 2.24) is 10.2 Å². The van der Waals surface area contributed by atoms with Crippen LogP contribution in [0.15, 0.2) is 51.8 Å². The van der Waals surface area contributed by atoms with E-state index in [1.807, 2.05) is 0 Å². The molecule has 0 amide bonds. The molecule has 0 radical (unpaired) electrons. The van der Waals surface area contributed by atoms with Crippen molar-refractivity contribution in [3.8, 4) is 28.1 Å². The molecule has 2 N–H and O–H groups in total. The standard InChI is InChI=1S/C19H16BrF3N2O4S/c1-29-15-10-12(4-7-14(15)20)16-17(24-25-18(16)19(21,22)23)11-2-5-13(6-3-11)30(27,28)9-8-26/h2-7,10,26H,8-9H2,1H3,(H,24,25). The zero-order chi connectivity index (χ0) is 22.1. The summed E-state index contributed by atoms with van der Waals surface area (Å²) in [6.45, 7) is -0.533. The van der Waals surface area contributed by atoms with Crippen LogP contribution in [0.2, 0.25) is 0 Å². The van der Waals surface area contributed by atoms with Gasteiger partial charge >= 0.3 is 6.18 Å². The maximum atomic E-state index is 13.6. The Labute approximate surface area is 178 Å². The molecule has 0 saturated carbocycles. The Hall–Kier alpha value is -2.37. The lowest BCUT2D eigenvalue weighted by Crippen LogP contribution is -2.09. The fourth-order valence-corrected chi connectivity index (χ4v) is 4.35. The van der Waals surface area contributed by atoms with E-state index in [1.165, 1.54) is 43.5 Å². The number of benzene rings is 2. The number of halogens is 4. The third-order valence-corrected chi connectivity index (χ3v) is 6.70. The molecule has 0 bridgehead atoms. The average molecular weight is 505 g/mol. The number of rotatable bonds is 6. The summed E-state index contributed by atoms with van der Waals surface area (Å²) in [5.41, 5.74) is -0.656. The molecule has 0 saturated heterocycles. The lowest BCUT2D eigenvalue weighted by Gasteiger charge is -2.11. The van der Waals surface area contributed by atoms with Crippen LogP contribution in [0.4, 0.5) is 13.2 Å². The molecule has 30 heavy (non-hydrogen) atoms. The van der Waals surface area contributed by atoms with E-state index in [4.69, 9.17) is 9.84 Å². The van der Waals surface area contributed by atoms with E-state index in [-0.39, 0.29) is 21.7 Å². The summed E-state index contributed by atoms with van der Waals surface area (Å²) in [6, 6.07) is 9.84. The van der Waals surface area contributed by atoms with Gasteiger partial charge in [-0.15, -0.1) is 0 Å². The van der Waals surface area contributed by atoms with E-state index in [9.17, 15) is 21.6 Å². The van der Waals surface area contributed by atoms with Gasteiger partial charge in [0.2, 0.25) is 0 Å². The van der Waals surface area contributed by atoms with Crippen molar-refractivity contribution in [1.29, 1.82) is 0 Å². The molecule has 0 aliphatic rings. The van der Waals surface area contributed by atoms with Gasteiger partial charge in [0.1, 0.15) is 5.75 Å². The normalized spacial score (nSPS) is 12.2. The third-order valence-electron chi connectivity index (χ3n) is 4.34. The zero-order valence-electron chi connectivity index (χ0n) is 15.5. The lowest BCUT2D eigenvalue weighted by molar-refractivity contribution is -0.140. The number of ether oxygens (including phenoxy) is 1. The van der Waals surface area contributed by atoms with E-state index in [1.54, 1.807) is 6.07 Å². The Kier molecular flexibility index (Phi) is 6.25. The quantitative estimate of drug-likeness (QED) is 0.522. The van der Waals surface area contributed by atoms with Gasteiger partial charge in [-0.3, -0.25) is 5.10 Å². The molecular formula is C19H16BrF3N2O4S. The number of hydrogen-bond acceptors (Lipinski definition) is 5. The number of sulfone groups is 1. The van der Waals surface area contributed by atoms with Crippen molar-refractivity contribution in [2.24, 2.45) is 0 Å². The molecule has 0 atom stereocenters. The van der Waals surface area contributed by atoms with Crippen LogP contribution in [-0.4, -0.2) is 43.2 Å². The van der Waals surface area contributed by atoms with E-state index in [0.717, 1.165) is 0 Å². The predicted molar refractivity (Wildman–Crippen MR) is 108 cm³/mol. The van der Waals surface area contributed by atoms with E-state index < -0.39 is 34.1 Å². The van der Waals surface area contributed by atoms with Gasteiger partial charge in [0, 0.05) is 11.1 Å². The smallest absolute Gasteiger partial charge is 0.435 e. The second kappa shape index (κ2) is 8.40. The molecule has 0 spiro atoms. The number of alkyl halides is 3. The first-order valence-electron chi connectivity index (χ1n) is 8.52. The lowest BCUT2D eigenvalue weighted by atomic mass is 9.98. The minimum atomic E-state index is -4.71. The van der Waals surface area contributed by atoms with Gasteiger partial charge in [-0.05, 0) is 45.8 Å². The largest absolute Gasteiger partial charge is 0.496 e. The van der Waals surface area contributed by atoms with Crippen LogP contribution in [0.3, 0.4) is 0 Å². The van der Waals surface area contributed by atoms with E-state index >= 15 is 0 Å². The molecule has 1 heterocycles. The highest BCUT2D eigenvalue weighted by Gasteiger charge is 2.38. The number of nitrogens with one attached hydrogen (secondary N) is 1. The van der Waals surface area contributed by atoms with Crippen LogP contribution in [0.25, 0.3) is 22.4 Å². The highest BCUT2D eigenvalue weighted by atomic mass is 79.9. The van der Waals surface area contributed by atoms with Gasteiger partial charge in [-0.25, -0.2) is 8.42 Å². The summed E-state index contributed by atoms with van der Waals surface area (Å²) in [6.07, 6.45) is -4.71. The molecule has 6 nitrogen and oxygen atoms in total. The summed E-state index contributed by atoms with van der Waals surface area (Å²) < 4.78 is 70.7. The Bertz CT molecular complexity index is 1160. The molecule has 11 heteroatoms. The summed E-state index contributed by atoms with van der Waals surface area (Å²) in [5, 5.41) is 14.8. The molecule has 0 aliphatic carbocycles. The molecule has 0 fully saturated rings. The minimum Gasteiger partial charge on any atom is -0.496 e. The van der Waals surface area contributed by atoms with Crippen molar-refractivity contribution in [2.75, 3.05) is 19.5 Å². The van der Waals surface area contributed by atoms with E-state index in [0.29, 0.717) is 15.8 Å². The number of aromatic amines is 1. The van der Waals surface area contributed by atoms with Crippen molar-refractivity contribution in [3.63, 3.8) is 0 Å². The summed E-state index contributed by atoms with van der Waals surface area (Å²) in [7, 11) is -2.28. The van der Waals surface area contributed by atoms with Crippen LogP contribution < -0.4 is 4.74 Å². The van der Waals surface area contributed by atoms with Gasteiger partial charge in [-0.2, -0.15) is 18.3 Å². The van der Waals surface area contributed by atoms with Crippen molar-refractivity contribution < 1.29 is 31.4 Å². The maximum absolute atomic E-state index is 13.6. The van der Waals surface area contributed by atoms with Crippen LogP contribution in [0, 0.1) is 0 Å². The first-order chi connectivity index (χ1) is 14.1. The van der Waals surface area contributed by atoms with Gasteiger partial charge in [0.25, 0.3) is 0 Å². The van der Waals surface area contributed by atoms with Crippen LogP contribution in [0.1, 0.15) is 5.69 Å². The molecule has 0 unspecified atom stereocenters. The third kappa shape index (κ3) is 4.37. The number of aliphatic hydroxyl groups is 1. The topological polar surface area (TPSA) is 92.3 Å². The Balaban J connectivity index is 2.16. The average Bonchev–Trinajstić information content (AvgIpc) is 3.14. The van der Waals surface area contributed by atoms with Gasteiger partial charge in [0.15, 0.2) is 15.5 Å². The Morgan fingerprint density at radius 3 is 2.33 bits per heavy atom. The zero-order valence-corrected chi connectivity index (χ0v) is 17.9. The monoisotopic (exact) mass is 504 g/mol. The fraction of sp³-hybridized carbons (Fsp3) is 0.211. The van der Waals surface area contributed by atoms with Crippen LogP contribution in [-0.2, 0) is 16.0 Å². The number of nitrogens with zero attached hydrogens (tertiary/aromatic N) is 1. The SMILES string of the molecule is COc1cc(-c2c(C(F)(F)F)n[nH]c2-c2ccc(S(=O)(=O)CCO)cc2)ccc1Br. The molecular weight excluding hydrogens is 489 g/mol. The second-order valence-electron chi connectivity index (χ2n) is 6.24. The molecule has 2 aromatic carbocycles. The maximum Gasteiger partial charge on any atom is 0.435 e. The Morgan fingerprint density at radius 1 is 1.13 bits per heavy atom. The fourth-order valence-electron chi connectivity index (χ4n) is 2.92. The van der Waals surface area contributed by atoms with Gasteiger partial charge in [-0.1, -0.05) is 18.2 Å². The number of aromatic nitrogens is 2. The Morgan fingerprint density at radius 2 is 1.77 bits per heavy atom. The summed E-state index contributed by atoms with van der Waals surface area (Å²) in [5.74, 6) is -0.100. The molecule has 1 aromatic heterocycles. The first-order valence-corrected chi connectivity index (χ1v) is 11.0. The van der Waals surface area contributed by atoms with E-state index in [2.05, 4.69) is 26.1 Å². The summed E-state index contributed by atoms with van der Waals surface area (Å²) in [4.78, 5) is -0.0391. The molecule has 3 aromatic rings. The van der Waals surface area contributed by atoms with Crippen LogP contribution >= 0.6 is 15.9 Å². The number of H-pyrrole nitrogens is 1. The molecule has 3 rings (SSSR count). The number of methoxy groups -OCH3 is 1. The highest BCUT2D eigenvalue weighted by molar-refractivity contribution is 9.10. The second-order valence-corrected chi connectivity index (χ2v) is 9.20. The predicted octanol–water partition coefficient (Wildman–Crippen LogP) is 4.30. The van der Waals surface area contributed by atoms with Crippen molar-refractivity contribution in [2.45, 2.75) is 11.1 Å². The number of aliphatic hydroxyl groups excluding tert-OH is 1. The van der Waals surface area contributed by atoms with Gasteiger partial charge in [0.05, 0.1) is 34.5 Å². The number of hydrogen-bond donors (Lipinski definition) is 2. The van der Waals surface area contributed by atoms with Crippen molar-refractivity contribution >= 4 is 25.8 Å².